The van der Waals surface area contributed by atoms with Gasteiger partial charge in [0.05, 0.1) is 0 Å². The van der Waals surface area contributed by atoms with Crippen molar-refractivity contribution in [3.05, 3.63) is 0 Å². The first-order chi connectivity index (χ1) is 8.58. The Morgan fingerprint density at radius 2 is 1.56 bits per heavy atom. The predicted molar refractivity (Wildman–Crippen MR) is 67.1 cm³/mol. The SMILES string of the molecule is C#CCOC(=O)C(C(=O)OCC#C)C(C)CCC. The third-order valence-corrected chi connectivity index (χ3v) is 2.42. The average Bonchev–Trinajstić information content (AvgIpc) is 2.34. The lowest BCUT2D eigenvalue weighted by molar-refractivity contribution is -0.163. The molecule has 4 nitrogen and oxygen atoms in total. The van der Waals surface area contributed by atoms with Crippen LogP contribution in [0.1, 0.15) is 26.7 Å². The summed E-state index contributed by atoms with van der Waals surface area (Å²) in [6, 6.07) is 0. The molecule has 0 radical (unpaired) electrons. The summed E-state index contributed by atoms with van der Waals surface area (Å²) in [7, 11) is 0. The second-order valence-corrected chi connectivity index (χ2v) is 3.87. The Hall–Kier alpha value is -1.94. The van der Waals surface area contributed by atoms with E-state index >= 15 is 0 Å². The lowest BCUT2D eigenvalue weighted by atomic mass is 9.90. The van der Waals surface area contributed by atoms with Gasteiger partial charge in [-0.1, -0.05) is 32.1 Å². The maximum Gasteiger partial charge on any atom is 0.321 e. The normalized spacial score (nSPS) is 11.2. The van der Waals surface area contributed by atoms with Gasteiger partial charge in [0.1, 0.15) is 0 Å². The Balaban J connectivity index is 4.71. The van der Waals surface area contributed by atoms with Crippen LogP contribution in [0.2, 0.25) is 0 Å². The summed E-state index contributed by atoms with van der Waals surface area (Å²) in [6.45, 7) is 3.45. The van der Waals surface area contributed by atoms with Crippen LogP contribution in [0.25, 0.3) is 0 Å². The van der Waals surface area contributed by atoms with Crippen molar-refractivity contribution in [3.63, 3.8) is 0 Å². The van der Waals surface area contributed by atoms with Crippen LogP contribution in [0.5, 0.6) is 0 Å². The minimum Gasteiger partial charge on any atom is -0.452 e. The number of terminal acetylenes is 2. The van der Waals surface area contributed by atoms with E-state index in [1.54, 1.807) is 6.92 Å². The molecule has 0 aliphatic carbocycles. The lowest BCUT2D eigenvalue weighted by Crippen LogP contribution is -2.33. The number of rotatable bonds is 7. The van der Waals surface area contributed by atoms with Crippen molar-refractivity contribution < 1.29 is 19.1 Å². The van der Waals surface area contributed by atoms with E-state index in [1.807, 2.05) is 6.92 Å². The van der Waals surface area contributed by atoms with Crippen molar-refractivity contribution >= 4 is 11.9 Å². The van der Waals surface area contributed by atoms with Gasteiger partial charge in [-0.3, -0.25) is 9.59 Å². The van der Waals surface area contributed by atoms with Crippen molar-refractivity contribution in [2.24, 2.45) is 11.8 Å². The van der Waals surface area contributed by atoms with Crippen molar-refractivity contribution in [2.75, 3.05) is 13.2 Å². The van der Waals surface area contributed by atoms with Gasteiger partial charge in [-0.25, -0.2) is 0 Å². The topological polar surface area (TPSA) is 52.6 Å². The molecule has 1 atom stereocenters. The number of carbonyl (C=O) groups excluding carboxylic acids is 2. The van der Waals surface area contributed by atoms with E-state index in [1.165, 1.54) is 0 Å². The van der Waals surface area contributed by atoms with Crippen LogP contribution in [0.15, 0.2) is 0 Å². The number of esters is 2. The fraction of sp³-hybridized carbons (Fsp3) is 0.571. The highest BCUT2D eigenvalue weighted by atomic mass is 16.6. The standard InChI is InChI=1S/C14H18O4/c1-5-8-11(4)12(13(15)17-9-6-2)14(16)18-10-7-3/h2-3,11-12H,5,8-10H2,1,4H3. The molecule has 0 N–H and O–H groups in total. The Morgan fingerprint density at radius 1 is 1.11 bits per heavy atom. The maximum absolute atomic E-state index is 11.8. The van der Waals surface area contributed by atoms with E-state index in [-0.39, 0.29) is 19.1 Å². The van der Waals surface area contributed by atoms with E-state index in [2.05, 4.69) is 11.8 Å². The Labute approximate surface area is 108 Å². The molecule has 1 unspecified atom stereocenters. The summed E-state index contributed by atoms with van der Waals surface area (Å²) in [4.78, 5) is 23.5. The first-order valence-electron chi connectivity index (χ1n) is 5.78. The maximum atomic E-state index is 11.8. The fourth-order valence-corrected chi connectivity index (χ4v) is 1.59. The minimum atomic E-state index is -0.966. The molecule has 0 aliphatic heterocycles. The van der Waals surface area contributed by atoms with Crippen molar-refractivity contribution in [2.45, 2.75) is 26.7 Å². The smallest absolute Gasteiger partial charge is 0.321 e. The van der Waals surface area contributed by atoms with Crippen LogP contribution in [-0.2, 0) is 19.1 Å². The molecule has 0 rings (SSSR count). The highest BCUT2D eigenvalue weighted by molar-refractivity contribution is 5.95. The average molecular weight is 250 g/mol. The highest BCUT2D eigenvalue weighted by Crippen LogP contribution is 2.20. The molecule has 4 heteroatoms. The number of hydrogen-bond donors (Lipinski definition) is 0. The second kappa shape index (κ2) is 9.13. The van der Waals surface area contributed by atoms with Gasteiger partial charge >= 0.3 is 11.9 Å². The molecule has 0 bridgehead atoms. The van der Waals surface area contributed by atoms with Crippen LogP contribution >= 0.6 is 0 Å². The summed E-state index contributed by atoms with van der Waals surface area (Å²) in [5, 5.41) is 0. The van der Waals surface area contributed by atoms with E-state index in [9.17, 15) is 9.59 Å². The van der Waals surface area contributed by atoms with Gasteiger partial charge in [-0.15, -0.1) is 12.8 Å². The van der Waals surface area contributed by atoms with Gasteiger partial charge in [-0.05, 0) is 12.3 Å². The molecule has 0 saturated heterocycles. The van der Waals surface area contributed by atoms with Gasteiger partial charge in [0.15, 0.2) is 19.1 Å². The fourth-order valence-electron chi connectivity index (χ4n) is 1.59. The Bertz CT molecular complexity index is 329. The second-order valence-electron chi connectivity index (χ2n) is 3.87. The molecule has 0 amide bonds. The molecule has 0 fully saturated rings. The Morgan fingerprint density at radius 3 is 1.89 bits per heavy atom. The molecule has 0 saturated carbocycles. The zero-order valence-corrected chi connectivity index (χ0v) is 10.8. The van der Waals surface area contributed by atoms with Gasteiger partial charge in [0.25, 0.3) is 0 Å². The summed E-state index contributed by atoms with van der Waals surface area (Å²) in [5.74, 6) is 1.90. The van der Waals surface area contributed by atoms with Gasteiger partial charge in [0.2, 0.25) is 0 Å². The molecule has 0 aromatic rings. The van der Waals surface area contributed by atoms with Crippen LogP contribution in [0.4, 0.5) is 0 Å². The van der Waals surface area contributed by atoms with Crippen molar-refractivity contribution in [3.8, 4) is 24.7 Å². The molecule has 0 spiro atoms. The van der Waals surface area contributed by atoms with Crippen LogP contribution in [-0.4, -0.2) is 25.2 Å². The molecule has 98 valence electrons. The third kappa shape index (κ3) is 5.41. The molecular weight excluding hydrogens is 232 g/mol. The summed E-state index contributed by atoms with van der Waals surface area (Å²) >= 11 is 0. The molecular formula is C14H18O4. The molecule has 18 heavy (non-hydrogen) atoms. The molecule has 0 aliphatic rings. The summed E-state index contributed by atoms with van der Waals surface area (Å²) in [6.07, 6.45) is 11.6. The van der Waals surface area contributed by atoms with Crippen molar-refractivity contribution in [1.29, 1.82) is 0 Å². The number of hydrogen-bond acceptors (Lipinski definition) is 4. The quantitative estimate of drug-likeness (QED) is 0.389. The minimum absolute atomic E-state index is 0.156. The van der Waals surface area contributed by atoms with Crippen molar-refractivity contribution in [1.82, 2.24) is 0 Å². The predicted octanol–water partition coefficient (Wildman–Crippen LogP) is 1.39. The third-order valence-electron chi connectivity index (χ3n) is 2.42. The zero-order valence-electron chi connectivity index (χ0n) is 10.8. The highest BCUT2D eigenvalue weighted by Gasteiger charge is 2.34. The van der Waals surface area contributed by atoms with Gasteiger partial charge in [-0.2, -0.15) is 0 Å². The van der Waals surface area contributed by atoms with Crippen LogP contribution in [0, 0.1) is 36.5 Å². The van der Waals surface area contributed by atoms with Crippen LogP contribution in [0.3, 0.4) is 0 Å². The van der Waals surface area contributed by atoms with Gasteiger partial charge < -0.3 is 9.47 Å². The molecule has 0 aromatic carbocycles. The van der Waals surface area contributed by atoms with Crippen LogP contribution < -0.4 is 0 Å². The van der Waals surface area contributed by atoms with E-state index in [4.69, 9.17) is 22.3 Å². The first-order valence-corrected chi connectivity index (χ1v) is 5.78. The molecule has 0 heterocycles. The van der Waals surface area contributed by atoms with E-state index in [0.717, 1.165) is 6.42 Å². The summed E-state index contributed by atoms with van der Waals surface area (Å²) < 4.78 is 9.59. The van der Waals surface area contributed by atoms with E-state index in [0.29, 0.717) is 6.42 Å². The zero-order chi connectivity index (χ0) is 14.0. The van der Waals surface area contributed by atoms with E-state index < -0.39 is 17.9 Å². The lowest BCUT2D eigenvalue weighted by Gasteiger charge is -2.19. The first kappa shape index (κ1) is 16.1. The largest absolute Gasteiger partial charge is 0.452 e. The number of ether oxygens (including phenoxy) is 2. The van der Waals surface area contributed by atoms with Gasteiger partial charge in [0, 0.05) is 0 Å². The summed E-state index contributed by atoms with van der Waals surface area (Å²) in [5.41, 5.74) is 0. The number of carbonyl (C=O) groups is 2. The Kier molecular flexibility index (Phi) is 8.14. The molecule has 0 aromatic heterocycles. The monoisotopic (exact) mass is 250 g/mol.